The van der Waals surface area contributed by atoms with Crippen LogP contribution in [0, 0.1) is 27.7 Å². The number of ether oxygens (including phenoxy) is 1. The fourth-order valence-corrected chi connectivity index (χ4v) is 4.95. The zero-order chi connectivity index (χ0) is 18.2. The Morgan fingerprint density at radius 1 is 1.24 bits per heavy atom. The summed E-state index contributed by atoms with van der Waals surface area (Å²) in [4.78, 5) is 0.358. The first-order valence-corrected chi connectivity index (χ1v) is 10.0. The van der Waals surface area contributed by atoms with Crippen LogP contribution in [-0.4, -0.2) is 30.9 Å². The molecule has 1 aliphatic heterocycles. The molecule has 0 amide bonds. The molecule has 3 rings (SSSR count). The van der Waals surface area contributed by atoms with Gasteiger partial charge in [0, 0.05) is 12.8 Å². The van der Waals surface area contributed by atoms with Crippen molar-refractivity contribution in [2.45, 2.75) is 58.1 Å². The zero-order valence-corrected chi connectivity index (χ0v) is 16.0. The Balaban J connectivity index is 1.84. The van der Waals surface area contributed by atoms with Gasteiger partial charge in [0.15, 0.2) is 0 Å². The summed E-state index contributed by atoms with van der Waals surface area (Å²) in [6.45, 7) is 8.98. The maximum Gasteiger partial charge on any atom is 0.262 e. The maximum absolute atomic E-state index is 12.9. The number of hydrogen-bond acceptors (Lipinski definition) is 4. The lowest BCUT2D eigenvalue weighted by Gasteiger charge is -2.16. The predicted octanol–water partition coefficient (Wildman–Crippen LogP) is 3.10. The molecule has 1 aliphatic rings. The predicted molar refractivity (Wildman–Crippen MR) is 97.4 cm³/mol. The van der Waals surface area contributed by atoms with Crippen LogP contribution in [0.5, 0.6) is 0 Å². The number of sulfonamides is 1. The average molecular weight is 363 g/mol. The molecule has 1 atom stereocenters. The van der Waals surface area contributed by atoms with Gasteiger partial charge in [0.25, 0.3) is 10.0 Å². The van der Waals surface area contributed by atoms with Crippen molar-refractivity contribution in [2.75, 3.05) is 11.3 Å². The van der Waals surface area contributed by atoms with E-state index in [9.17, 15) is 8.42 Å². The lowest BCUT2D eigenvalue weighted by Crippen LogP contribution is -2.17. The molecule has 0 aliphatic carbocycles. The number of hydrogen-bond donors (Lipinski definition) is 1. The lowest BCUT2D eigenvalue weighted by molar-refractivity contribution is 0.0940. The van der Waals surface area contributed by atoms with Crippen LogP contribution in [0.3, 0.4) is 0 Å². The van der Waals surface area contributed by atoms with E-state index >= 15 is 0 Å². The molecule has 25 heavy (non-hydrogen) atoms. The SMILES string of the molecule is Cc1cc(C)c(C)c(S(=O)(=O)Nc2cnn(CC3CCCO3)c2)c1C. The Morgan fingerprint density at radius 2 is 1.92 bits per heavy atom. The number of nitrogens with one attached hydrogen (secondary N) is 1. The molecule has 0 radical (unpaired) electrons. The van der Waals surface area contributed by atoms with E-state index in [2.05, 4.69) is 9.82 Å². The zero-order valence-electron chi connectivity index (χ0n) is 15.2. The van der Waals surface area contributed by atoms with Crippen molar-refractivity contribution in [2.24, 2.45) is 0 Å². The summed E-state index contributed by atoms with van der Waals surface area (Å²) >= 11 is 0. The second-order valence-electron chi connectivity index (χ2n) is 6.78. The van der Waals surface area contributed by atoms with E-state index in [-0.39, 0.29) is 6.10 Å². The minimum absolute atomic E-state index is 0.160. The van der Waals surface area contributed by atoms with Crippen LogP contribution >= 0.6 is 0 Å². The summed E-state index contributed by atoms with van der Waals surface area (Å²) in [6.07, 6.45) is 5.50. The van der Waals surface area contributed by atoms with Gasteiger partial charge in [-0.3, -0.25) is 9.40 Å². The summed E-state index contributed by atoms with van der Waals surface area (Å²) < 4.78 is 35.8. The van der Waals surface area contributed by atoms with Crippen molar-refractivity contribution in [3.8, 4) is 0 Å². The quantitative estimate of drug-likeness (QED) is 0.886. The fraction of sp³-hybridized carbons (Fsp3) is 0.500. The van der Waals surface area contributed by atoms with Gasteiger partial charge in [0.1, 0.15) is 0 Å². The molecular formula is C18H25N3O3S. The van der Waals surface area contributed by atoms with E-state index in [0.29, 0.717) is 17.1 Å². The molecule has 1 unspecified atom stereocenters. The second-order valence-corrected chi connectivity index (χ2v) is 8.40. The van der Waals surface area contributed by atoms with E-state index in [1.165, 1.54) is 0 Å². The number of benzene rings is 1. The third-order valence-corrected chi connectivity index (χ3v) is 6.52. The molecule has 1 N–H and O–H groups in total. The normalized spacial score (nSPS) is 17.8. The van der Waals surface area contributed by atoms with E-state index in [4.69, 9.17) is 4.74 Å². The van der Waals surface area contributed by atoms with Crippen LogP contribution in [0.4, 0.5) is 5.69 Å². The monoisotopic (exact) mass is 363 g/mol. The molecule has 7 heteroatoms. The van der Waals surface area contributed by atoms with E-state index in [0.717, 1.165) is 41.7 Å². The van der Waals surface area contributed by atoms with Crippen molar-refractivity contribution >= 4 is 15.7 Å². The van der Waals surface area contributed by atoms with Crippen molar-refractivity contribution in [1.29, 1.82) is 0 Å². The Bertz CT molecular complexity index is 855. The van der Waals surface area contributed by atoms with Crippen LogP contribution < -0.4 is 4.72 Å². The number of aryl methyl sites for hydroxylation is 2. The third-order valence-electron chi connectivity index (χ3n) is 4.87. The first-order chi connectivity index (χ1) is 11.8. The molecule has 6 nitrogen and oxygen atoms in total. The maximum atomic E-state index is 12.9. The lowest BCUT2D eigenvalue weighted by atomic mass is 10.0. The Morgan fingerprint density at radius 3 is 2.52 bits per heavy atom. The Hall–Kier alpha value is -1.86. The molecule has 0 saturated carbocycles. The highest BCUT2D eigenvalue weighted by Crippen LogP contribution is 2.27. The van der Waals surface area contributed by atoms with Crippen molar-refractivity contribution < 1.29 is 13.2 Å². The van der Waals surface area contributed by atoms with Crippen LogP contribution in [0.1, 0.15) is 35.1 Å². The summed E-state index contributed by atoms with van der Waals surface area (Å²) in [5, 5.41) is 4.25. The second kappa shape index (κ2) is 6.80. The van der Waals surface area contributed by atoms with Gasteiger partial charge in [-0.25, -0.2) is 8.42 Å². The average Bonchev–Trinajstić information content (AvgIpc) is 3.17. The van der Waals surface area contributed by atoms with Crippen molar-refractivity contribution in [1.82, 2.24) is 9.78 Å². The van der Waals surface area contributed by atoms with Gasteiger partial charge in [-0.2, -0.15) is 5.10 Å². The molecule has 136 valence electrons. The van der Waals surface area contributed by atoms with Gasteiger partial charge in [-0.15, -0.1) is 0 Å². The molecule has 2 heterocycles. The smallest absolute Gasteiger partial charge is 0.262 e. The molecule has 1 fully saturated rings. The van der Waals surface area contributed by atoms with Gasteiger partial charge < -0.3 is 4.74 Å². The first kappa shape index (κ1) is 17.9. The van der Waals surface area contributed by atoms with Crippen LogP contribution in [0.2, 0.25) is 0 Å². The van der Waals surface area contributed by atoms with Gasteiger partial charge in [0.05, 0.1) is 29.4 Å². The Labute approximate surface area is 149 Å². The highest BCUT2D eigenvalue weighted by atomic mass is 32.2. The van der Waals surface area contributed by atoms with Crippen LogP contribution in [-0.2, 0) is 21.3 Å². The van der Waals surface area contributed by atoms with E-state index < -0.39 is 10.0 Å². The van der Waals surface area contributed by atoms with Crippen LogP contribution in [0.15, 0.2) is 23.4 Å². The minimum Gasteiger partial charge on any atom is -0.376 e. The van der Waals surface area contributed by atoms with Crippen LogP contribution in [0.25, 0.3) is 0 Å². The topological polar surface area (TPSA) is 73.2 Å². The highest BCUT2D eigenvalue weighted by Gasteiger charge is 2.23. The van der Waals surface area contributed by atoms with Gasteiger partial charge in [0.2, 0.25) is 0 Å². The van der Waals surface area contributed by atoms with Crippen molar-refractivity contribution in [3.63, 3.8) is 0 Å². The van der Waals surface area contributed by atoms with Crippen molar-refractivity contribution in [3.05, 3.63) is 40.7 Å². The molecule has 0 spiro atoms. The molecule has 2 aromatic rings. The standard InChI is InChI=1S/C18H25N3O3S/c1-12-8-13(2)15(4)18(14(12)3)25(22,23)20-16-9-19-21(10-16)11-17-6-5-7-24-17/h8-10,17,20H,5-7,11H2,1-4H3. The van der Waals surface area contributed by atoms with Gasteiger partial charge in [-0.05, 0) is 62.8 Å². The first-order valence-electron chi connectivity index (χ1n) is 8.52. The largest absolute Gasteiger partial charge is 0.376 e. The van der Waals surface area contributed by atoms with E-state index in [1.54, 1.807) is 17.1 Å². The number of rotatable bonds is 5. The number of aromatic nitrogens is 2. The molecule has 1 saturated heterocycles. The minimum atomic E-state index is -3.67. The summed E-state index contributed by atoms with van der Waals surface area (Å²) in [5.74, 6) is 0. The summed E-state index contributed by atoms with van der Waals surface area (Å²) in [5.41, 5.74) is 3.97. The molecular weight excluding hydrogens is 338 g/mol. The third kappa shape index (κ3) is 3.72. The highest BCUT2D eigenvalue weighted by molar-refractivity contribution is 7.92. The molecule has 1 aromatic heterocycles. The molecule has 1 aromatic carbocycles. The fourth-order valence-electron chi connectivity index (χ4n) is 3.30. The van der Waals surface area contributed by atoms with E-state index in [1.807, 2.05) is 33.8 Å². The molecule has 0 bridgehead atoms. The number of nitrogens with zero attached hydrogens (tertiary/aromatic N) is 2. The summed E-state index contributed by atoms with van der Waals surface area (Å²) in [7, 11) is -3.67. The van der Waals surface area contributed by atoms with Gasteiger partial charge >= 0.3 is 0 Å². The van der Waals surface area contributed by atoms with Gasteiger partial charge in [-0.1, -0.05) is 6.07 Å². The summed E-state index contributed by atoms with van der Waals surface area (Å²) in [6, 6.07) is 2.02. The Kier molecular flexibility index (Phi) is 4.88. The number of anilines is 1.